The molecule has 0 saturated carbocycles. The standard InChI is InChI=1S/C28H33N9O2/c1-17-33-34-27(39-17)19-15-30-28(32-26(19)20-16-37(5)23-10-8-7-9-18(20)23)31-22-13-21(29)24(14-25(22)38-6)36(4)12-11-35(2)3/h7-10,13-16H,11-12,29H2,1-6H3,(H,30,31,32). The average Bonchev–Trinajstić information content (AvgIpc) is 3.50. The van der Waals surface area contributed by atoms with E-state index in [-0.39, 0.29) is 0 Å². The Hall–Kier alpha value is -4.64. The van der Waals surface area contributed by atoms with Gasteiger partial charge in [-0.2, -0.15) is 0 Å². The number of likely N-dealkylation sites (N-methyl/N-ethyl adjacent to an activating group) is 2. The highest BCUT2D eigenvalue weighted by atomic mass is 16.5. The van der Waals surface area contributed by atoms with Gasteiger partial charge in [-0.05, 0) is 26.2 Å². The first-order valence-corrected chi connectivity index (χ1v) is 12.6. The number of nitrogens with zero attached hydrogens (tertiary/aromatic N) is 7. The van der Waals surface area contributed by atoms with Gasteiger partial charge in [0.25, 0.3) is 5.89 Å². The molecule has 11 nitrogen and oxygen atoms in total. The van der Waals surface area contributed by atoms with E-state index in [0.29, 0.717) is 46.1 Å². The molecule has 11 heteroatoms. The fraction of sp³-hybridized carbons (Fsp3) is 0.286. The molecule has 0 radical (unpaired) electrons. The first-order chi connectivity index (χ1) is 18.7. The molecule has 0 amide bonds. The van der Waals surface area contributed by atoms with Crippen molar-refractivity contribution in [2.24, 2.45) is 7.05 Å². The van der Waals surface area contributed by atoms with Crippen LogP contribution in [0.4, 0.5) is 23.0 Å². The SMILES string of the molecule is COc1cc(N(C)CCN(C)C)c(N)cc1Nc1ncc(-c2nnc(C)o2)c(-c2cn(C)c3ccccc23)n1. The summed E-state index contributed by atoms with van der Waals surface area (Å²) in [6.45, 7) is 3.47. The third kappa shape index (κ3) is 5.21. The maximum atomic E-state index is 6.47. The third-order valence-corrected chi connectivity index (χ3v) is 6.59. The quantitative estimate of drug-likeness (QED) is 0.268. The first kappa shape index (κ1) is 26.0. The molecule has 0 bridgehead atoms. The molecule has 0 unspecified atom stereocenters. The molecule has 0 atom stereocenters. The highest BCUT2D eigenvalue weighted by Gasteiger charge is 2.21. The molecule has 0 aliphatic heterocycles. The van der Waals surface area contributed by atoms with Gasteiger partial charge in [0.15, 0.2) is 0 Å². The molecule has 202 valence electrons. The van der Waals surface area contributed by atoms with Gasteiger partial charge in [-0.1, -0.05) is 18.2 Å². The van der Waals surface area contributed by atoms with Gasteiger partial charge in [0.1, 0.15) is 5.75 Å². The third-order valence-electron chi connectivity index (χ3n) is 6.59. The van der Waals surface area contributed by atoms with Crippen molar-refractivity contribution in [1.29, 1.82) is 0 Å². The number of hydrogen-bond acceptors (Lipinski definition) is 10. The molecule has 5 aromatic rings. The van der Waals surface area contributed by atoms with Crippen molar-refractivity contribution >= 4 is 33.9 Å². The number of aryl methyl sites for hydroxylation is 2. The topological polar surface area (TPSA) is 123 Å². The summed E-state index contributed by atoms with van der Waals surface area (Å²) in [5.41, 5.74) is 11.9. The van der Waals surface area contributed by atoms with E-state index in [9.17, 15) is 0 Å². The molecule has 0 saturated heterocycles. The van der Waals surface area contributed by atoms with E-state index in [1.165, 1.54) is 0 Å². The summed E-state index contributed by atoms with van der Waals surface area (Å²) < 4.78 is 13.5. The van der Waals surface area contributed by atoms with Gasteiger partial charge in [-0.15, -0.1) is 10.2 Å². The predicted octanol–water partition coefficient (Wildman–Crippen LogP) is 4.33. The van der Waals surface area contributed by atoms with E-state index in [2.05, 4.69) is 47.0 Å². The minimum Gasteiger partial charge on any atom is -0.494 e. The summed E-state index contributed by atoms with van der Waals surface area (Å²) in [6, 6.07) is 11.9. The lowest BCUT2D eigenvalue weighted by atomic mass is 10.1. The van der Waals surface area contributed by atoms with E-state index < -0.39 is 0 Å². The number of nitrogens with one attached hydrogen (secondary N) is 1. The Kier molecular flexibility index (Phi) is 7.07. The van der Waals surface area contributed by atoms with Crippen LogP contribution < -0.4 is 20.7 Å². The number of aromatic nitrogens is 5. The summed E-state index contributed by atoms with van der Waals surface area (Å²) >= 11 is 0. The van der Waals surface area contributed by atoms with Crippen LogP contribution in [-0.4, -0.2) is 71.0 Å². The van der Waals surface area contributed by atoms with Crippen LogP contribution in [0, 0.1) is 6.92 Å². The summed E-state index contributed by atoms with van der Waals surface area (Å²) in [7, 11) is 9.74. The predicted molar refractivity (Wildman–Crippen MR) is 154 cm³/mol. The molecule has 3 aromatic heterocycles. The van der Waals surface area contributed by atoms with Gasteiger partial charge in [-0.25, -0.2) is 9.97 Å². The van der Waals surface area contributed by atoms with Gasteiger partial charge in [0.2, 0.25) is 11.8 Å². The molecule has 5 rings (SSSR count). The summed E-state index contributed by atoms with van der Waals surface area (Å²) in [4.78, 5) is 13.7. The number of rotatable bonds is 9. The molecular formula is C28H33N9O2. The van der Waals surface area contributed by atoms with Crippen molar-refractivity contribution < 1.29 is 9.15 Å². The normalized spacial score (nSPS) is 11.4. The monoisotopic (exact) mass is 527 g/mol. The maximum Gasteiger partial charge on any atom is 0.251 e. The highest BCUT2D eigenvalue weighted by Crippen LogP contribution is 2.38. The van der Waals surface area contributed by atoms with Gasteiger partial charge in [0.05, 0.1) is 35.4 Å². The van der Waals surface area contributed by atoms with Crippen LogP contribution in [0.2, 0.25) is 0 Å². The highest BCUT2D eigenvalue weighted by molar-refractivity contribution is 5.98. The molecule has 0 aliphatic carbocycles. The number of methoxy groups -OCH3 is 1. The summed E-state index contributed by atoms with van der Waals surface area (Å²) in [5.74, 6) is 1.83. The fourth-order valence-electron chi connectivity index (χ4n) is 4.51. The largest absolute Gasteiger partial charge is 0.494 e. The molecule has 0 fully saturated rings. The molecule has 3 N–H and O–H groups in total. The maximum absolute atomic E-state index is 6.47. The van der Waals surface area contributed by atoms with Gasteiger partial charge >= 0.3 is 0 Å². The Balaban J connectivity index is 1.56. The van der Waals surface area contributed by atoms with Crippen LogP contribution in [0.1, 0.15) is 5.89 Å². The van der Waals surface area contributed by atoms with E-state index in [0.717, 1.165) is 35.2 Å². The van der Waals surface area contributed by atoms with Crippen molar-refractivity contribution in [2.75, 3.05) is 57.3 Å². The van der Waals surface area contributed by atoms with Crippen LogP contribution in [0.15, 0.2) is 53.2 Å². The zero-order chi connectivity index (χ0) is 27.7. The second-order valence-electron chi connectivity index (χ2n) is 9.71. The van der Waals surface area contributed by atoms with Crippen LogP contribution in [0.3, 0.4) is 0 Å². The number of para-hydroxylation sites is 1. The van der Waals surface area contributed by atoms with Crippen LogP contribution >= 0.6 is 0 Å². The van der Waals surface area contributed by atoms with E-state index in [1.54, 1.807) is 20.2 Å². The number of hydrogen-bond donors (Lipinski definition) is 2. The van der Waals surface area contributed by atoms with Crippen molar-refractivity contribution in [2.45, 2.75) is 6.92 Å². The summed E-state index contributed by atoms with van der Waals surface area (Å²) in [6.07, 6.45) is 3.74. The van der Waals surface area contributed by atoms with Crippen molar-refractivity contribution in [1.82, 2.24) is 29.6 Å². The molecule has 0 spiro atoms. The Bertz CT molecular complexity index is 1620. The molecular weight excluding hydrogens is 494 g/mol. The van der Waals surface area contributed by atoms with Gasteiger partial charge in [-0.3, -0.25) is 0 Å². The van der Waals surface area contributed by atoms with Crippen LogP contribution in [0.25, 0.3) is 33.6 Å². The van der Waals surface area contributed by atoms with Crippen molar-refractivity contribution in [3.8, 4) is 28.5 Å². The smallest absolute Gasteiger partial charge is 0.251 e. The van der Waals surface area contributed by atoms with Gasteiger partial charge in [0, 0.05) is 69.0 Å². The first-order valence-electron chi connectivity index (χ1n) is 12.6. The van der Waals surface area contributed by atoms with Crippen LogP contribution in [0.5, 0.6) is 5.75 Å². The second-order valence-corrected chi connectivity index (χ2v) is 9.71. The number of fused-ring (bicyclic) bond motifs is 1. The molecule has 0 aliphatic rings. The molecule has 3 heterocycles. The zero-order valence-corrected chi connectivity index (χ0v) is 23.1. The number of benzene rings is 2. The van der Waals surface area contributed by atoms with E-state index in [1.807, 2.05) is 58.7 Å². The Morgan fingerprint density at radius 1 is 1.08 bits per heavy atom. The van der Waals surface area contributed by atoms with E-state index in [4.69, 9.17) is 19.9 Å². The zero-order valence-electron chi connectivity index (χ0n) is 23.1. The van der Waals surface area contributed by atoms with Crippen molar-refractivity contribution in [3.63, 3.8) is 0 Å². The number of ether oxygens (including phenoxy) is 1. The Morgan fingerprint density at radius 3 is 2.59 bits per heavy atom. The lowest BCUT2D eigenvalue weighted by Gasteiger charge is -2.24. The summed E-state index contributed by atoms with van der Waals surface area (Å²) in [5, 5.41) is 12.6. The number of nitrogens with two attached hydrogens (primary N) is 1. The van der Waals surface area contributed by atoms with Gasteiger partial charge < -0.3 is 34.6 Å². The Labute approximate surface area is 227 Å². The fourth-order valence-corrected chi connectivity index (χ4v) is 4.51. The Morgan fingerprint density at radius 2 is 1.87 bits per heavy atom. The number of nitrogen functional groups attached to an aromatic ring is 1. The lowest BCUT2D eigenvalue weighted by molar-refractivity contribution is 0.413. The minimum absolute atomic E-state index is 0.355. The second kappa shape index (κ2) is 10.6. The molecule has 39 heavy (non-hydrogen) atoms. The average molecular weight is 528 g/mol. The lowest BCUT2D eigenvalue weighted by Crippen LogP contribution is -2.29. The molecule has 2 aromatic carbocycles. The van der Waals surface area contributed by atoms with Crippen LogP contribution in [-0.2, 0) is 7.05 Å². The number of anilines is 4. The van der Waals surface area contributed by atoms with E-state index >= 15 is 0 Å². The van der Waals surface area contributed by atoms with Crippen molar-refractivity contribution in [3.05, 3.63) is 54.7 Å². The minimum atomic E-state index is 0.355.